The quantitative estimate of drug-likeness (QED) is 0.805. The summed E-state index contributed by atoms with van der Waals surface area (Å²) in [6.07, 6.45) is 6.62. The minimum atomic E-state index is -0.0967. The van der Waals surface area contributed by atoms with Crippen LogP contribution in [0, 0.1) is 0 Å². The van der Waals surface area contributed by atoms with Crippen LogP contribution in [0.3, 0.4) is 0 Å². The van der Waals surface area contributed by atoms with E-state index in [9.17, 15) is 4.79 Å². The van der Waals surface area contributed by atoms with E-state index in [1.54, 1.807) is 18.0 Å². The second-order valence-corrected chi connectivity index (χ2v) is 7.08. The van der Waals surface area contributed by atoms with Gasteiger partial charge >= 0.3 is 0 Å². The van der Waals surface area contributed by atoms with Crippen LogP contribution in [0.4, 0.5) is 0 Å². The van der Waals surface area contributed by atoms with E-state index in [4.69, 9.17) is 4.74 Å². The van der Waals surface area contributed by atoms with Crippen LogP contribution in [-0.2, 0) is 9.53 Å². The molecule has 1 amide bonds. The second-order valence-electron chi connectivity index (χ2n) is 5.72. The number of morpholine rings is 1. The summed E-state index contributed by atoms with van der Waals surface area (Å²) in [5, 5.41) is 0.812. The van der Waals surface area contributed by atoms with Gasteiger partial charge in [-0.05, 0) is 31.9 Å². The molecule has 0 spiro atoms. The molecular formula is C16H22N2O2S. The SMILES string of the molecule is CC(Sc1ccccn1)C(=O)N1CCOC2CCCCC21. The summed E-state index contributed by atoms with van der Waals surface area (Å²) < 4.78 is 5.85. The number of nitrogens with zero attached hydrogens (tertiary/aromatic N) is 2. The Morgan fingerprint density at radius 1 is 1.43 bits per heavy atom. The lowest BCUT2D eigenvalue weighted by molar-refractivity contribution is -0.148. The van der Waals surface area contributed by atoms with E-state index in [0.29, 0.717) is 6.61 Å². The number of thioether (sulfide) groups is 1. The van der Waals surface area contributed by atoms with Crippen LogP contribution >= 0.6 is 11.8 Å². The van der Waals surface area contributed by atoms with Crippen molar-refractivity contribution in [2.45, 2.75) is 55.0 Å². The minimum Gasteiger partial charge on any atom is -0.374 e. The maximum atomic E-state index is 12.8. The van der Waals surface area contributed by atoms with E-state index in [2.05, 4.69) is 9.88 Å². The van der Waals surface area contributed by atoms with Crippen molar-refractivity contribution in [1.82, 2.24) is 9.88 Å². The van der Waals surface area contributed by atoms with Crippen LogP contribution in [0.1, 0.15) is 32.6 Å². The molecule has 1 aliphatic carbocycles. The molecule has 114 valence electrons. The Balaban J connectivity index is 1.65. The molecule has 1 aromatic heterocycles. The van der Waals surface area contributed by atoms with Gasteiger partial charge in [0.1, 0.15) is 0 Å². The number of aromatic nitrogens is 1. The van der Waals surface area contributed by atoms with Gasteiger partial charge in [0.05, 0.1) is 29.0 Å². The standard InChI is InChI=1S/C16H22N2O2S/c1-12(21-15-8-4-5-9-17-15)16(19)18-10-11-20-14-7-3-2-6-13(14)18/h4-5,8-9,12-14H,2-3,6-7,10-11H2,1H3. The Labute approximate surface area is 130 Å². The molecule has 2 fully saturated rings. The van der Waals surface area contributed by atoms with Crippen molar-refractivity contribution in [1.29, 1.82) is 0 Å². The normalized spacial score (nSPS) is 27.0. The number of rotatable bonds is 3. The number of ether oxygens (including phenoxy) is 1. The van der Waals surface area contributed by atoms with Crippen LogP contribution in [0.15, 0.2) is 29.4 Å². The van der Waals surface area contributed by atoms with E-state index in [1.165, 1.54) is 12.8 Å². The van der Waals surface area contributed by atoms with Gasteiger partial charge in [-0.2, -0.15) is 0 Å². The molecule has 4 nitrogen and oxygen atoms in total. The molecule has 3 rings (SSSR count). The molecule has 1 aromatic rings. The van der Waals surface area contributed by atoms with Gasteiger partial charge < -0.3 is 9.64 Å². The molecule has 0 N–H and O–H groups in total. The third-order valence-electron chi connectivity index (χ3n) is 4.30. The van der Waals surface area contributed by atoms with E-state index in [-0.39, 0.29) is 23.3 Å². The van der Waals surface area contributed by atoms with Gasteiger partial charge in [0.2, 0.25) is 5.91 Å². The maximum absolute atomic E-state index is 12.8. The molecule has 1 saturated heterocycles. The summed E-state index contributed by atoms with van der Waals surface area (Å²) >= 11 is 1.54. The third-order valence-corrected chi connectivity index (χ3v) is 5.34. The Morgan fingerprint density at radius 2 is 2.29 bits per heavy atom. The number of carbonyl (C=O) groups is 1. The van der Waals surface area contributed by atoms with Gasteiger partial charge in [0.25, 0.3) is 0 Å². The molecule has 0 bridgehead atoms. The monoisotopic (exact) mass is 306 g/mol. The van der Waals surface area contributed by atoms with Gasteiger partial charge in [0, 0.05) is 12.7 Å². The summed E-state index contributed by atoms with van der Waals surface area (Å²) in [6.45, 7) is 3.38. The second kappa shape index (κ2) is 6.79. The van der Waals surface area contributed by atoms with Gasteiger partial charge in [-0.3, -0.25) is 4.79 Å². The molecule has 5 heteroatoms. The highest BCUT2D eigenvalue weighted by atomic mass is 32.2. The lowest BCUT2D eigenvalue weighted by atomic mass is 9.90. The van der Waals surface area contributed by atoms with Crippen molar-refractivity contribution >= 4 is 17.7 Å². The van der Waals surface area contributed by atoms with Crippen molar-refractivity contribution in [2.24, 2.45) is 0 Å². The zero-order valence-corrected chi connectivity index (χ0v) is 13.2. The van der Waals surface area contributed by atoms with Crippen molar-refractivity contribution < 1.29 is 9.53 Å². The van der Waals surface area contributed by atoms with Crippen molar-refractivity contribution in [2.75, 3.05) is 13.2 Å². The third kappa shape index (κ3) is 3.40. The minimum absolute atomic E-state index is 0.0967. The van der Waals surface area contributed by atoms with E-state index < -0.39 is 0 Å². The van der Waals surface area contributed by atoms with Crippen LogP contribution in [0.2, 0.25) is 0 Å². The Bertz CT molecular complexity index is 480. The number of fused-ring (bicyclic) bond motifs is 1. The van der Waals surface area contributed by atoms with E-state index in [1.807, 2.05) is 25.1 Å². The number of hydrogen-bond acceptors (Lipinski definition) is 4. The van der Waals surface area contributed by atoms with Crippen molar-refractivity contribution in [3.63, 3.8) is 0 Å². The summed E-state index contributed by atoms with van der Waals surface area (Å²) in [4.78, 5) is 19.1. The lowest BCUT2D eigenvalue weighted by Crippen LogP contribution is -2.56. The topological polar surface area (TPSA) is 42.4 Å². The van der Waals surface area contributed by atoms with Crippen LogP contribution in [-0.4, -0.2) is 46.3 Å². The zero-order chi connectivity index (χ0) is 14.7. The molecule has 2 aliphatic rings. The van der Waals surface area contributed by atoms with Crippen LogP contribution in [0.25, 0.3) is 0 Å². The summed E-state index contributed by atoms with van der Waals surface area (Å²) in [6, 6.07) is 6.09. The first-order valence-electron chi connectivity index (χ1n) is 7.75. The fourth-order valence-electron chi connectivity index (χ4n) is 3.25. The van der Waals surface area contributed by atoms with Gasteiger partial charge in [-0.1, -0.05) is 30.7 Å². The predicted octanol–water partition coefficient (Wildman–Crippen LogP) is 2.73. The van der Waals surface area contributed by atoms with Crippen molar-refractivity contribution in [3.05, 3.63) is 24.4 Å². The first kappa shape index (κ1) is 14.9. The molecule has 0 aromatic carbocycles. The maximum Gasteiger partial charge on any atom is 0.236 e. The lowest BCUT2D eigenvalue weighted by Gasteiger charge is -2.44. The van der Waals surface area contributed by atoms with E-state index in [0.717, 1.165) is 24.4 Å². The molecule has 1 aliphatic heterocycles. The molecule has 0 radical (unpaired) electrons. The fourth-order valence-corrected chi connectivity index (χ4v) is 4.13. The molecule has 2 heterocycles. The highest BCUT2D eigenvalue weighted by Crippen LogP contribution is 2.31. The smallest absolute Gasteiger partial charge is 0.236 e. The number of amides is 1. The van der Waals surface area contributed by atoms with Crippen molar-refractivity contribution in [3.8, 4) is 0 Å². The highest BCUT2D eigenvalue weighted by Gasteiger charge is 2.38. The zero-order valence-electron chi connectivity index (χ0n) is 12.4. The molecule has 1 saturated carbocycles. The summed E-state index contributed by atoms with van der Waals surface area (Å²) in [7, 11) is 0. The number of carbonyl (C=O) groups excluding carboxylic acids is 1. The fraction of sp³-hybridized carbons (Fsp3) is 0.625. The highest BCUT2D eigenvalue weighted by molar-refractivity contribution is 8.00. The molecule has 3 unspecified atom stereocenters. The summed E-state index contributed by atoms with van der Waals surface area (Å²) in [5.74, 6) is 0.228. The average molecular weight is 306 g/mol. The van der Waals surface area contributed by atoms with Crippen LogP contribution in [0.5, 0.6) is 0 Å². The average Bonchev–Trinajstić information content (AvgIpc) is 2.54. The largest absolute Gasteiger partial charge is 0.374 e. The Morgan fingerprint density at radius 3 is 3.10 bits per heavy atom. The summed E-state index contributed by atoms with van der Waals surface area (Å²) in [5.41, 5.74) is 0. The first-order valence-corrected chi connectivity index (χ1v) is 8.63. The molecule has 3 atom stereocenters. The molecular weight excluding hydrogens is 284 g/mol. The van der Waals surface area contributed by atoms with Crippen LogP contribution < -0.4 is 0 Å². The first-order chi connectivity index (χ1) is 10.3. The predicted molar refractivity (Wildman–Crippen MR) is 83.3 cm³/mol. The van der Waals surface area contributed by atoms with Gasteiger partial charge in [-0.15, -0.1) is 0 Å². The van der Waals surface area contributed by atoms with E-state index >= 15 is 0 Å². The van der Waals surface area contributed by atoms with Gasteiger partial charge in [0.15, 0.2) is 0 Å². The number of pyridine rings is 1. The number of hydrogen-bond donors (Lipinski definition) is 0. The van der Waals surface area contributed by atoms with Gasteiger partial charge in [-0.25, -0.2) is 4.98 Å². The Kier molecular flexibility index (Phi) is 4.80. The molecule has 21 heavy (non-hydrogen) atoms. The Hall–Kier alpha value is -1.07.